The lowest BCUT2D eigenvalue weighted by atomic mass is 10.1. The fourth-order valence-corrected chi connectivity index (χ4v) is 2.20. The molecule has 1 rings (SSSR count). The van der Waals surface area contributed by atoms with E-state index in [1.807, 2.05) is 49.9 Å². The molecular formula is C16H27N3O2. The Morgan fingerprint density at radius 1 is 1.33 bits per heavy atom. The Hall–Kier alpha value is -1.75. The van der Waals surface area contributed by atoms with Gasteiger partial charge in [0.05, 0.1) is 12.8 Å². The second-order valence-corrected chi connectivity index (χ2v) is 5.35. The number of nitrogens with one attached hydrogen (secondary N) is 1. The van der Waals surface area contributed by atoms with Crippen LogP contribution in [0.3, 0.4) is 0 Å². The van der Waals surface area contributed by atoms with E-state index in [4.69, 9.17) is 10.5 Å². The Balaban J connectivity index is 3.01. The molecule has 0 radical (unpaired) electrons. The van der Waals surface area contributed by atoms with E-state index in [0.717, 1.165) is 17.9 Å². The molecule has 0 saturated heterocycles. The molecule has 1 amide bonds. The van der Waals surface area contributed by atoms with E-state index in [1.165, 1.54) is 0 Å². The van der Waals surface area contributed by atoms with Crippen molar-refractivity contribution in [1.82, 2.24) is 5.32 Å². The molecule has 0 aliphatic carbocycles. The van der Waals surface area contributed by atoms with Crippen molar-refractivity contribution < 1.29 is 9.53 Å². The lowest BCUT2D eigenvalue weighted by Crippen LogP contribution is -2.48. The summed E-state index contributed by atoms with van der Waals surface area (Å²) in [5, 5.41) is 2.95. The van der Waals surface area contributed by atoms with Crippen molar-refractivity contribution in [1.29, 1.82) is 0 Å². The summed E-state index contributed by atoms with van der Waals surface area (Å²) in [5.41, 5.74) is 6.54. The predicted molar refractivity (Wildman–Crippen MR) is 86.8 cm³/mol. The van der Waals surface area contributed by atoms with Gasteiger partial charge in [-0.05, 0) is 45.9 Å². The number of nitrogens with zero attached hydrogens (tertiary/aromatic N) is 1. The molecule has 21 heavy (non-hydrogen) atoms. The first-order valence-electron chi connectivity index (χ1n) is 7.41. The lowest BCUT2D eigenvalue weighted by molar-refractivity contribution is -0.122. The zero-order chi connectivity index (χ0) is 15.8. The Morgan fingerprint density at radius 3 is 2.57 bits per heavy atom. The molecule has 1 aromatic rings. The van der Waals surface area contributed by atoms with E-state index in [9.17, 15) is 4.79 Å². The maximum absolute atomic E-state index is 12.3. The zero-order valence-corrected chi connectivity index (χ0v) is 13.4. The number of ether oxygens (including phenoxy) is 1. The fourth-order valence-electron chi connectivity index (χ4n) is 2.20. The summed E-state index contributed by atoms with van der Waals surface area (Å²) >= 11 is 0. The number of benzene rings is 1. The van der Waals surface area contributed by atoms with Crippen molar-refractivity contribution in [3.05, 3.63) is 24.3 Å². The summed E-state index contributed by atoms with van der Waals surface area (Å²) < 4.78 is 5.41. The van der Waals surface area contributed by atoms with Gasteiger partial charge in [0, 0.05) is 12.6 Å². The second-order valence-electron chi connectivity index (χ2n) is 5.35. The normalized spacial score (nSPS) is 12.1. The van der Waals surface area contributed by atoms with E-state index >= 15 is 0 Å². The molecule has 1 aromatic carbocycles. The molecule has 0 aromatic heterocycles. The highest BCUT2D eigenvalue weighted by molar-refractivity contribution is 5.85. The Kier molecular flexibility index (Phi) is 7.02. The van der Waals surface area contributed by atoms with Crippen LogP contribution < -0.4 is 20.7 Å². The fraction of sp³-hybridized carbons (Fsp3) is 0.562. The van der Waals surface area contributed by atoms with Crippen LogP contribution >= 0.6 is 0 Å². The van der Waals surface area contributed by atoms with Gasteiger partial charge in [-0.2, -0.15) is 0 Å². The zero-order valence-electron chi connectivity index (χ0n) is 13.4. The number of nitrogens with two attached hydrogens (primary N) is 1. The van der Waals surface area contributed by atoms with Crippen LogP contribution in [-0.4, -0.2) is 38.2 Å². The van der Waals surface area contributed by atoms with Crippen molar-refractivity contribution in [3.8, 4) is 5.75 Å². The van der Waals surface area contributed by atoms with Gasteiger partial charge in [0.1, 0.15) is 11.8 Å². The molecule has 3 N–H and O–H groups in total. The lowest BCUT2D eigenvalue weighted by Gasteiger charge is -2.32. The quantitative estimate of drug-likeness (QED) is 0.766. The largest absolute Gasteiger partial charge is 0.495 e. The minimum atomic E-state index is -0.282. The smallest absolute Gasteiger partial charge is 0.242 e. The molecule has 0 bridgehead atoms. The number of carbonyl (C=O) groups excluding carboxylic acids is 1. The Labute approximate surface area is 127 Å². The Morgan fingerprint density at radius 2 is 2.00 bits per heavy atom. The summed E-state index contributed by atoms with van der Waals surface area (Å²) in [6, 6.07) is 7.57. The van der Waals surface area contributed by atoms with E-state index in [-0.39, 0.29) is 18.0 Å². The monoisotopic (exact) mass is 293 g/mol. The van der Waals surface area contributed by atoms with Crippen molar-refractivity contribution in [3.63, 3.8) is 0 Å². The number of rotatable bonds is 8. The number of carbonyl (C=O) groups is 1. The molecule has 0 spiro atoms. The van der Waals surface area contributed by atoms with E-state index < -0.39 is 0 Å². The van der Waals surface area contributed by atoms with Gasteiger partial charge in [-0.3, -0.25) is 4.79 Å². The molecule has 0 fully saturated rings. The topological polar surface area (TPSA) is 67.6 Å². The number of anilines is 1. The molecule has 0 saturated carbocycles. The maximum Gasteiger partial charge on any atom is 0.242 e. The molecule has 1 atom stereocenters. The van der Waals surface area contributed by atoms with Gasteiger partial charge in [-0.1, -0.05) is 12.1 Å². The number of hydrogen-bond acceptors (Lipinski definition) is 4. The highest BCUT2D eigenvalue weighted by Gasteiger charge is 2.23. The van der Waals surface area contributed by atoms with E-state index in [1.54, 1.807) is 7.11 Å². The summed E-state index contributed by atoms with van der Waals surface area (Å²) in [4.78, 5) is 14.4. The third-order valence-electron chi connectivity index (χ3n) is 3.28. The number of methoxy groups -OCH3 is 1. The Bertz CT molecular complexity index is 449. The van der Waals surface area contributed by atoms with Gasteiger partial charge >= 0.3 is 0 Å². The van der Waals surface area contributed by atoms with E-state index in [0.29, 0.717) is 13.1 Å². The van der Waals surface area contributed by atoms with Crippen molar-refractivity contribution in [2.75, 3.05) is 25.1 Å². The minimum Gasteiger partial charge on any atom is -0.495 e. The highest BCUT2D eigenvalue weighted by atomic mass is 16.5. The van der Waals surface area contributed by atoms with Crippen molar-refractivity contribution >= 4 is 11.6 Å². The SMILES string of the molecule is COc1ccccc1N(CCCN)C(C)C(=O)NC(C)C. The van der Waals surface area contributed by atoms with Crippen LogP contribution in [0.25, 0.3) is 0 Å². The average molecular weight is 293 g/mol. The van der Waals surface area contributed by atoms with Gasteiger partial charge in [0.2, 0.25) is 5.91 Å². The first kappa shape index (κ1) is 17.3. The predicted octanol–water partition coefficient (Wildman–Crippen LogP) is 1.76. The average Bonchev–Trinajstić information content (AvgIpc) is 2.47. The van der Waals surface area contributed by atoms with Gasteiger partial charge in [0.15, 0.2) is 0 Å². The third kappa shape index (κ3) is 4.93. The molecular weight excluding hydrogens is 266 g/mol. The molecule has 5 heteroatoms. The maximum atomic E-state index is 12.3. The number of amides is 1. The van der Waals surface area contributed by atoms with Gasteiger partial charge in [-0.15, -0.1) is 0 Å². The summed E-state index contributed by atoms with van der Waals surface area (Å²) in [7, 11) is 1.64. The number of hydrogen-bond donors (Lipinski definition) is 2. The minimum absolute atomic E-state index is 0.00734. The van der Waals surface area contributed by atoms with Crippen LogP contribution in [0.15, 0.2) is 24.3 Å². The number of para-hydroxylation sites is 2. The van der Waals surface area contributed by atoms with Crippen LogP contribution in [0, 0.1) is 0 Å². The van der Waals surface area contributed by atoms with Crippen molar-refractivity contribution in [2.24, 2.45) is 5.73 Å². The van der Waals surface area contributed by atoms with E-state index in [2.05, 4.69) is 5.32 Å². The summed E-state index contributed by atoms with van der Waals surface area (Å²) in [5.74, 6) is 0.770. The first-order valence-corrected chi connectivity index (χ1v) is 7.41. The van der Waals surface area contributed by atoms with Crippen LogP contribution in [0.2, 0.25) is 0 Å². The molecule has 0 aliphatic heterocycles. The van der Waals surface area contributed by atoms with Crippen LogP contribution in [0.4, 0.5) is 5.69 Å². The molecule has 118 valence electrons. The first-order chi connectivity index (χ1) is 10.0. The van der Waals surface area contributed by atoms with Crippen LogP contribution in [0.1, 0.15) is 27.2 Å². The standard InChI is InChI=1S/C16H27N3O2/c1-12(2)18-16(20)13(3)19(11-7-10-17)14-8-5-6-9-15(14)21-4/h5-6,8-9,12-13H,7,10-11,17H2,1-4H3,(H,18,20). The molecule has 0 aliphatic rings. The molecule has 0 heterocycles. The third-order valence-corrected chi connectivity index (χ3v) is 3.28. The highest BCUT2D eigenvalue weighted by Crippen LogP contribution is 2.29. The van der Waals surface area contributed by atoms with Gasteiger partial charge in [-0.25, -0.2) is 0 Å². The van der Waals surface area contributed by atoms with Gasteiger partial charge in [0.25, 0.3) is 0 Å². The van der Waals surface area contributed by atoms with Crippen LogP contribution in [-0.2, 0) is 4.79 Å². The molecule has 1 unspecified atom stereocenters. The van der Waals surface area contributed by atoms with Crippen molar-refractivity contribution in [2.45, 2.75) is 39.3 Å². The van der Waals surface area contributed by atoms with Crippen LogP contribution in [0.5, 0.6) is 5.75 Å². The summed E-state index contributed by atoms with van der Waals surface area (Å²) in [6.07, 6.45) is 0.817. The summed E-state index contributed by atoms with van der Waals surface area (Å²) in [6.45, 7) is 7.12. The second kappa shape index (κ2) is 8.52. The molecule has 5 nitrogen and oxygen atoms in total. The van der Waals surface area contributed by atoms with Gasteiger partial charge < -0.3 is 20.7 Å².